The summed E-state index contributed by atoms with van der Waals surface area (Å²) >= 11 is -2.94. The minimum atomic E-state index is -3.55. The van der Waals surface area contributed by atoms with Crippen LogP contribution >= 0.6 is 0 Å². The monoisotopic (exact) mass is 778 g/mol. The van der Waals surface area contributed by atoms with E-state index in [1.807, 2.05) is 24.3 Å². The Morgan fingerprint density at radius 2 is 1.38 bits per heavy atom. The van der Waals surface area contributed by atoms with Gasteiger partial charge in [-0.15, -0.1) is 0 Å². The molecule has 0 N–H and O–H groups in total. The molecule has 0 amide bonds. The summed E-state index contributed by atoms with van der Waals surface area (Å²) in [6.07, 6.45) is 5.99. The van der Waals surface area contributed by atoms with Gasteiger partial charge in [-0.3, -0.25) is 0 Å². The fourth-order valence-electron chi connectivity index (χ4n) is 4.41. The zero-order valence-electron chi connectivity index (χ0n) is 25.4. The molecule has 1 aliphatic heterocycles. The normalized spacial score (nSPS) is 21.6. The van der Waals surface area contributed by atoms with Crippen molar-refractivity contribution in [1.82, 2.24) is 0 Å². The van der Waals surface area contributed by atoms with Crippen molar-refractivity contribution in [2.75, 3.05) is 0 Å². The number of hydrogen-bond donors (Lipinski definition) is 0. The van der Waals surface area contributed by atoms with E-state index in [0.29, 0.717) is 4.90 Å². The quantitative estimate of drug-likeness (QED) is 0.308. The third-order valence-electron chi connectivity index (χ3n) is 8.95. The Balaban J connectivity index is 1.88. The van der Waals surface area contributed by atoms with Crippen LogP contribution in [0.3, 0.4) is 0 Å². The molecule has 0 bridgehead atoms. The van der Waals surface area contributed by atoms with Crippen LogP contribution < -0.4 is 11.0 Å². The van der Waals surface area contributed by atoms with E-state index in [1.165, 1.54) is 8.83 Å². The molecule has 212 valence electrons. The second-order valence-electron chi connectivity index (χ2n) is 14.0. The minimum absolute atomic E-state index is 0.0477. The molecule has 4 rings (SSSR count). The van der Waals surface area contributed by atoms with Gasteiger partial charge in [0.25, 0.3) is 0 Å². The zero-order valence-corrected chi connectivity index (χ0v) is 31.7. The van der Waals surface area contributed by atoms with Crippen molar-refractivity contribution < 1.29 is 17.3 Å². The number of hydrogen-bond acceptors (Lipinski definition) is 4. The number of fused-ring (bicyclic) bond motifs is 2. The van der Waals surface area contributed by atoms with Gasteiger partial charge in [-0.1, -0.05) is 0 Å². The first-order chi connectivity index (χ1) is 17.7. The van der Waals surface area contributed by atoms with E-state index in [1.54, 1.807) is 0 Å². The number of rotatable bonds is 5. The van der Waals surface area contributed by atoms with E-state index in [0.717, 1.165) is 14.8 Å². The summed E-state index contributed by atoms with van der Waals surface area (Å²) in [7, 11) is -7.72. The van der Waals surface area contributed by atoms with Gasteiger partial charge < -0.3 is 0 Å². The molecule has 8 heteroatoms. The summed E-state index contributed by atoms with van der Waals surface area (Å²) in [4.78, 5) is 0.497. The van der Waals surface area contributed by atoms with Crippen molar-refractivity contribution in [2.24, 2.45) is 0 Å². The first kappa shape index (κ1) is 30.7. The SMILES string of the molecule is Cc1cc[c]([Bi]2[c]3cc(O[Si](C)(C)C(C)(C)C)ccc3S(=O)(=O)C3C=CC(O[Si](C)(C)C(C)(C)C)=C[CH]32)cc1. The molecule has 2 aliphatic rings. The molecule has 0 spiro atoms. The molecular weight excluding hydrogens is 734 g/mol. The summed E-state index contributed by atoms with van der Waals surface area (Å²) in [5.41, 5.74) is 1.21. The Morgan fingerprint density at radius 3 is 1.95 bits per heavy atom. The van der Waals surface area contributed by atoms with Crippen LogP contribution in [0.4, 0.5) is 0 Å². The molecule has 0 radical (unpaired) electrons. The van der Waals surface area contributed by atoms with Crippen LogP contribution in [0, 0.1) is 6.92 Å². The maximum absolute atomic E-state index is 14.1. The molecule has 2 aromatic carbocycles. The third-order valence-corrected chi connectivity index (χ3v) is 32.2. The average Bonchev–Trinajstić information content (AvgIpc) is 2.78. The number of aryl methyl sites for hydroxylation is 1. The summed E-state index contributed by atoms with van der Waals surface area (Å²) in [6.45, 7) is 24.4. The number of sulfone groups is 1. The second-order valence-corrected chi connectivity index (χ2v) is 34.6. The van der Waals surface area contributed by atoms with Crippen molar-refractivity contribution in [1.29, 1.82) is 0 Å². The summed E-state index contributed by atoms with van der Waals surface area (Å²) in [5.74, 6) is 1.64. The van der Waals surface area contributed by atoms with Gasteiger partial charge >= 0.3 is 248 Å². The molecule has 2 atom stereocenters. The Hall–Kier alpha value is -1.21. The van der Waals surface area contributed by atoms with Crippen LogP contribution in [0.15, 0.2) is 71.3 Å². The molecule has 39 heavy (non-hydrogen) atoms. The number of benzene rings is 2. The van der Waals surface area contributed by atoms with Crippen LogP contribution in [-0.2, 0) is 14.3 Å². The molecule has 1 aliphatic carbocycles. The van der Waals surface area contributed by atoms with Crippen molar-refractivity contribution >= 4 is 54.8 Å². The zero-order chi connectivity index (χ0) is 29.2. The summed E-state index contributed by atoms with van der Waals surface area (Å²) < 4.78 is 43.8. The number of allylic oxidation sites excluding steroid dienone is 2. The Morgan fingerprint density at radius 1 is 0.821 bits per heavy atom. The molecule has 1 heterocycles. The third kappa shape index (κ3) is 5.91. The molecule has 4 nitrogen and oxygen atoms in total. The fraction of sp³-hybridized carbons (Fsp3) is 0.484. The van der Waals surface area contributed by atoms with Gasteiger partial charge in [0, 0.05) is 0 Å². The Labute approximate surface area is 246 Å². The standard InChI is InChI=1S/C24H38O4SSi2.C7H7.Bi/c1-23(2,3)30(7,8)27-19-11-15-21(16-12-19)29(25,26)22-17-13-20(14-18-22)28-31(9,10)24(4,5)6;1-7-5-3-2-4-6-7;/h11-17,21H,1-10H3;3-6H,1H3;. The van der Waals surface area contributed by atoms with E-state index < -0.39 is 53.5 Å². The van der Waals surface area contributed by atoms with E-state index in [9.17, 15) is 8.42 Å². The van der Waals surface area contributed by atoms with Gasteiger partial charge in [0.1, 0.15) is 0 Å². The van der Waals surface area contributed by atoms with Gasteiger partial charge in [-0.25, -0.2) is 0 Å². The molecule has 0 aromatic heterocycles. The predicted octanol–water partition coefficient (Wildman–Crippen LogP) is 6.99. The van der Waals surface area contributed by atoms with Crippen molar-refractivity contribution in [2.45, 2.75) is 98.5 Å². The van der Waals surface area contributed by atoms with Crippen LogP contribution in [-0.4, -0.2) is 52.1 Å². The van der Waals surface area contributed by atoms with Crippen LogP contribution in [0.2, 0.25) is 39.9 Å². The fourth-order valence-corrected chi connectivity index (χ4v) is 23.8. The van der Waals surface area contributed by atoms with E-state index in [4.69, 9.17) is 8.85 Å². The van der Waals surface area contributed by atoms with E-state index in [-0.39, 0.29) is 13.7 Å². The first-order valence-electron chi connectivity index (χ1n) is 13.8. The molecule has 0 saturated carbocycles. The van der Waals surface area contributed by atoms with Gasteiger partial charge in [0.2, 0.25) is 0 Å². The molecule has 0 fully saturated rings. The Kier molecular flexibility index (Phi) is 8.08. The molecular formula is C31H45BiO4SSi2. The second kappa shape index (κ2) is 10.3. The van der Waals surface area contributed by atoms with Crippen molar-refractivity contribution in [3.05, 3.63) is 72.0 Å². The van der Waals surface area contributed by atoms with E-state index in [2.05, 4.69) is 111 Å². The van der Waals surface area contributed by atoms with Gasteiger partial charge in [0.05, 0.1) is 0 Å². The molecule has 2 aromatic rings. The topological polar surface area (TPSA) is 52.6 Å². The Bertz CT molecular complexity index is 1410. The maximum atomic E-state index is 14.1. The van der Waals surface area contributed by atoms with Gasteiger partial charge in [-0.05, 0) is 0 Å². The predicted molar refractivity (Wildman–Crippen MR) is 171 cm³/mol. The van der Waals surface area contributed by atoms with E-state index >= 15 is 0 Å². The van der Waals surface area contributed by atoms with Crippen molar-refractivity contribution in [3.63, 3.8) is 0 Å². The summed E-state index contributed by atoms with van der Waals surface area (Å²) in [5, 5.41) is -0.451. The van der Waals surface area contributed by atoms with Crippen LogP contribution in [0.5, 0.6) is 5.75 Å². The molecule has 0 saturated heterocycles. The van der Waals surface area contributed by atoms with Gasteiger partial charge in [0.15, 0.2) is 0 Å². The van der Waals surface area contributed by atoms with Crippen LogP contribution in [0.25, 0.3) is 0 Å². The van der Waals surface area contributed by atoms with Crippen molar-refractivity contribution in [3.8, 4) is 5.75 Å². The van der Waals surface area contributed by atoms with Gasteiger partial charge in [-0.2, -0.15) is 0 Å². The molecule has 2 unspecified atom stereocenters. The van der Waals surface area contributed by atoms with Crippen LogP contribution in [0.1, 0.15) is 47.1 Å². The average molecular weight is 779 g/mol. The summed E-state index contributed by atoms with van der Waals surface area (Å²) in [6, 6.07) is 14.6. The first-order valence-corrected chi connectivity index (χ1v) is 26.6.